The maximum absolute atomic E-state index is 10.7. The Morgan fingerprint density at radius 1 is 1.20 bits per heavy atom. The zero-order valence-corrected chi connectivity index (χ0v) is 11.1. The minimum Gasteiger partial charge on any atom is -0.481 e. The molecule has 2 aromatic carbocycles. The third-order valence-electron chi connectivity index (χ3n) is 2.90. The summed E-state index contributed by atoms with van der Waals surface area (Å²) in [5.74, 6) is -0.380. The second-order valence-electron chi connectivity index (χ2n) is 4.40. The summed E-state index contributed by atoms with van der Waals surface area (Å²) in [6.07, 6.45) is -0.0287. The van der Waals surface area contributed by atoms with Crippen molar-refractivity contribution in [1.29, 1.82) is 0 Å². The number of carbonyl (C=O) groups is 1. The van der Waals surface area contributed by atoms with Gasteiger partial charge in [0.15, 0.2) is 5.58 Å². The number of carboxylic acids is 1. The quantitative estimate of drug-likeness (QED) is 0.796. The van der Waals surface area contributed by atoms with Crippen LogP contribution in [0, 0.1) is 0 Å². The number of hydrogen-bond donors (Lipinski definition) is 1. The molecule has 0 atom stereocenters. The van der Waals surface area contributed by atoms with Gasteiger partial charge in [-0.1, -0.05) is 17.7 Å². The average molecular weight is 288 g/mol. The van der Waals surface area contributed by atoms with Gasteiger partial charge in [0, 0.05) is 10.6 Å². The van der Waals surface area contributed by atoms with Crippen LogP contribution in [0.15, 0.2) is 46.9 Å². The van der Waals surface area contributed by atoms with Crippen molar-refractivity contribution < 1.29 is 14.3 Å². The van der Waals surface area contributed by atoms with Gasteiger partial charge in [0.25, 0.3) is 0 Å². The summed E-state index contributed by atoms with van der Waals surface area (Å²) < 4.78 is 5.65. The van der Waals surface area contributed by atoms with Gasteiger partial charge in [-0.05, 0) is 42.0 Å². The molecule has 0 bridgehead atoms. The van der Waals surface area contributed by atoms with Gasteiger partial charge in [-0.2, -0.15) is 0 Å². The number of hydrogen-bond acceptors (Lipinski definition) is 3. The lowest BCUT2D eigenvalue weighted by atomic mass is 10.1. The summed E-state index contributed by atoms with van der Waals surface area (Å²) in [6, 6.07) is 12.4. The number of rotatable bonds is 3. The first-order chi connectivity index (χ1) is 9.61. The Balaban J connectivity index is 2.01. The summed E-state index contributed by atoms with van der Waals surface area (Å²) in [4.78, 5) is 15.1. The predicted octanol–water partition coefficient (Wildman–Crippen LogP) is 3.78. The highest BCUT2D eigenvalue weighted by Crippen LogP contribution is 2.26. The Morgan fingerprint density at radius 3 is 2.65 bits per heavy atom. The molecule has 0 spiro atoms. The minimum absolute atomic E-state index is 0.0287. The molecule has 0 fully saturated rings. The van der Waals surface area contributed by atoms with Crippen molar-refractivity contribution in [3.8, 4) is 11.5 Å². The number of benzene rings is 2. The van der Waals surface area contributed by atoms with Crippen LogP contribution in [0.3, 0.4) is 0 Å². The summed E-state index contributed by atoms with van der Waals surface area (Å²) in [5.41, 5.74) is 2.80. The lowest BCUT2D eigenvalue weighted by Crippen LogP contribution is -1.99. The molecule has 1 heterocycles. The number of nitrogens with zero attached hydrogens (tertiary/aromatic N) is 1. The first kappa shape index (κ1) is 12.7. The molecule has 5 heteroatoms. The van der Waals surface area contributed by atoms with Crippen LogP contribution in [0.5, 0.6) is 0 Å². The number of fused-ring (bicyclic) bond motifs is 1. The van der Waals surface area contributed by atoms with E-state index in [1.165, 1.54) is 0 Å². The van der Waals surface area contributed by atoms with Crippen LogP contribution >= 0.6 is 11.6 Å². The van der Waals surface area contributed by atoms with E-state index in [0.29, 0.717) is 27.6 Å². The highest BCUT2D eigenvalue weighted by molar-refractivity contribution is 6.30. The first-order valence-electron chi connectivity index (χ1n) is 5.99. The SMILES string of the molecule is O=C(O)Cc1ccc2oc(-c3ccc(Cl)cc3)nc2c1. The normalized spacial score (nSPS) is 10.8. The molecule has 100 valence electrons. The van der Waals surface area contributed by atoms with Gasteiger partial charge in [-0.15, -0.1) is 0 Å². The molecule has 0 unspecified atom stereocenters. The van der Waals surface area contributed by atoms with Crippen LogP contribution in [-0.2, 0) is 11.2 Å². The van der Waals surface area contributed by atoms with Crippen LogP contribution in [0.2, 0.25) is 5.02 Å². The van der Waals surface area contributed by atoms with Gasteiger partial charge in [0.1, 0.15) is 5.52 Å². The van der Waals surface area contributed by atoms with E-state index in [2.05, 4.69) is 4.98 Å². The fraction of sp³-hybridized carbons (Fsp3) is 0.0667. The van der Waals surface area contributed by atoms with Crippen molar-refractivity contribution in [3.63, 3.8) is 0 Å². The Bertz CT molecular complexity index is 777. The van der Waals surface area contributed by atoms with Crippen LogP contribution in [-0.4, -0.2) is 16.1 Å². The van der Waals surface area contributed by atoms with Gasteiger partial charge in [0.05, 0.1) is 6.42 Å². The van der Waals surface area contributed by atoms with Crippen LogP contribution in [0.4, 0.5) is 0 Å². The van der Waals surface area contributed by atoms with E-state index in [0.717, 1.165) is 5.56 Å². The summed E-state index contributed by atoms with van der Waals surface area (Å²) in [7, 11) is 0. The van der Waals surface area contributed by atoms with E-state index in [1.807, 2.05) is 12.1 Å². The monoisotopic (exact) mass is 287 g/mol. The fourth-order valence-corrected chi connectivity index (χ4v) is 2.10. The van der Waals surface area contributed by atoms with Crippen molar-refractivity contribution in [2.45, 2.75) is 6.42 Å². The Morgan fingerprint density at radius 2 is 1.95 bits per heavy atom. The second kappa shape index (κ2) is 4.98. The summed E-state index contributed by atoms with van der Waals surface area (Å²) in [6.45, 7) is 0. The standard InChI is InChI=1S/C15H10ClNO3/c16-11-4-2-10(3-5-11)15-17-12-7-9(8-14(18)19)1-6-13(12)20-15/h1-7H,8H2,(H,18,19). The molecule has 20 heavy (non-hydrogen) atoms. The summed E-state index contributed by atoms with van der Waals surface area (Å²) >= 11 is 5.84. The largest absolute Gasteiger partial charge is 0.481 e. The molecule has 0 amide bonds. The Kier molecular flexibility index (Phi) is 3.16. The third kappa shape index (κ3) is 2.51. The minimum atomic E-state index is -0.870. The summed E-state index contributed by atoms with van der Waals surface area (Å²) in [5, 5.41) is 9.44. The lowest BCUT2D eigenvalue weighted by Gasteiger charge is -1.94. The Labute approximate surface area is 119 Å². The van der Waals surface area contributed by atoms with E-state index in [9.17, 15) is 4.79 Å². The molecule has 3 aromatic rings. The van der Waals surface area contributed by atoms with E-state index in [1.54, 1.807) is 30.3 Å². The van der Waals surface area contributed by atoms with E-state index in [-0.39, 0.29) is 6.42 Å². The van der Waals surface area contributed by atoms with Gasteiger partial charge >= 0.3 is 5.97 Å². The maximum Gasteiger partial charge on any atom is 0.307 e. The van der Waals surface area contributed by atoms with Crippen molar-refractivity contribution >= 4 is 28.7 Å². The molecule has 1 N–H and O–H groups in total. The molecule has 0 saturated carbocycles. The number of aliphatic carboxylic acids is 1. The molecule has 0 aliphatic carbocycles. The zero-order chi connectivity index (χ0) is 14.1. The van der Waals surface area contributed by atoms with Crippen LogP contribution < -0.4 is 0 Å². The molecule has 0 saturated heterocycles. The molecule has 3 rings (SSSR count). The molecule has 0 radical (unpaired) electrons. The first-order valence-corrected chi connectivity index (χ1v) is 6.37. The average Bonchev–Trinajstić information content (AvgIpc) is 2.81. The van der Waals surface area contributed by atoms with Crippen LogP contribution in [0.25, 0.3) is 22.6 Å². The lowest BCUT2D eigenvalue weighted by molar-refractivity contribution is -0.136. The van der Waals surface area contributed by atoms with Crippen molar-refractivity contribution in [3.05, 3.63) is 53.1 Å². The van der Waals surface area contributed by atoms with Crippen molar-refractivity contribution in [1.82, 2.24) is 4.98 Å². The molecule has 1 aromatic heterocycles. The number of aromatic nitrogens is 1. The third-order valence-corrected chi connectivity index (χ3v) is 3.15. The Hall–Kier alpha value is -2.33. The van der Waals surface area contributed by atoms with Gasteiger partial charge in [-0.3, -0.25) is 4.79 Å². The van der Waals surface area contributed by atoms with E-state index >= 15 is 0 Å². The zero-order valence-electron chi connectivity index (χ0n) is 10.3. The molecular formula is C15H10ClNO3. The van der Waals surface area contributed by atoms with Gasteiger partial charge < -0.3 is 9.52 Å². The molecule has 4 nitrogen and oxygen atoms in total. The van der Waals surface area contributed by atoms with Gasteiger partial charge in [0.2, 0.25) is 5.89 Å². The fourth-order valence-electron chi connectivity index (χ4n) is 1.97. The van der Waals surface area contributed by atoms with Crippen LogP contribution in [0.1, 0.15) is 5.56 Å². The topological polar surface area (TPSA) is 63.3 Å². The highest BCUT2D eigenvalue weighted by atomic mass is 35.5. The van der Waals surface area contributed by atoms with Crippen molar-refractivity contribution in [2.24, 2.45) is 0 Å². The smallest absolute Gasteiger partial charge is 0.307 e. The molecule has 0 aliphatic heterocycles. The maximum atomic E-state index is 10.7. The molecular weight excluding hydrogens is 278 g/mol. The number of oxazole rings is 1. The highest BCUT2D eigenvalue weighted by Gasteiger charge is 2.09. The molecule has 0 aliphatic rings. The van der Waals surface area contributed by atoms with Gasteiger partial charge in [-0.25, -0.2) is 4.98 Å². The number of halogens is 1. The number of carboxylic acid groups (broad SMARTS) is 1. The second-order valence-corrected chi connectivity index (χ2v) is 4.83. The van der Waals surface area contributed by atoms with Crippen molar-refractivity contribution in [2.75, 3.05) is 0 Å². The van der Waals surface area contributed by atoms with E-state index < -0.39 is 5.97 Å². The predicted molar refractivity (Wildman–Crippen MR) is 75.8 cm³/mol. The van der Waals surface area contributed by atoms with E-state index in [4.69, 9.17) is 21.1 Å².